The van der Waals surface area contributed by atoms with Crippen molar-refractivity contribution in [3.63, 3.8) is 0 Å². The van der Waals surface area contributed by atoms with Gasteiger partial charge in [0.1, 0.15) is 5.75 Å². The van der Waals surface area contributed by atoms with Crippen molar-refractivity contribution in [1.29, 1.82) is 0 Å². The lowest BCUT2D eigenvalue weighted by molar-refractivity contribution is 0.172. The Bertz CT molecular complexity index is 810. The van der Waals surface area contributed by atoms with E-state index in [4.69, 9.17) is 14.0 Å². The molecule has 3 rings (SSSR count). The normalized spacial score (nSPS) is 11.0. The topological polar surface area (TPSA) is 86.1 Å². The van der Waals surface area contributed by atoms with Crippen LogP contribution < -0.4 is 4.74 Å². The number of nitrogens with one attached hydrogen (secondary N) is 1. The fourth-order valence-electron chi connectivity index (χ4n) is 2.28. The van der Waals surface area contributed by atoms with Crippen molar-refractivity contribution in [1.82, 2.24) is 20.3 Å². The van der Waals surface area contributed by atoms with E-state index in [0.717, 1.165) is 29.0 Å². The highest BCUT2D eigenvalue weighted by Gasteiger charge is 2.16. The Morgan fingerprint density at radius 1 is 1.17 bits per heavy atom. The molecule has 0 atom stereocenters. The van der Waals surface area contributed by atoms with Crippen LogP contribution in [0.3, 0.4) is 0 Å². The molecule has 0 aliphatic heterocycles. The number of nitrogens with zero attached hydrogens (tertiary/aromatic N) is 3. The molecule has 1 aromatic carbocycles. The Kier molecular flexibility index (Phi) is 4.90. The van der Waals surface area contributed by atoms with E-state index in [9.17, 15) is 0 Å². The SMILES string of the molecule is COCCCOc1cc(C)ccc1-c1noc(-c2cc(C)[nH]n2)n1. The van der Waals surface area contributed by atoms with Gasteiger partial charge >= 0.3 is 0 Å². The fourth-order valence-corrected chi connectivity index (χ4v) is 2.28. The highest BCUT2D eigenvalue weighted by atomic mass is 16.5. The summed E-state index contributed by atoms with van der Waals surface area (Å²) in [6.45, 7) is 5.15. The smallest absolute Gasteiger partial charge is 0.278 e. The molecular weight excluding hydrogens is 308 g/mol. The van der Waals surface area contributed by atoms with Crippen molar-refractivity contribution in [2.45, 2.75) is 20.3 Å². The Labute approximate surface area is 140 Å². The van der Waals surface area contributed by atoms with E-state index in [1.54, 1.807) is 7.11 Å². The van der Waals surface area contributed by atoms with Crippen LogP contribution >= 0.6 is 0 Å². The lowest BCUT2D eigenvalue weighted by atomic mass is 10.1. The molecule has 0 aliphatic carbocycles. The number of benzene rings is 1. The van der Waals surface area contributed by atoms with Gasteiger partial charge in [0.05, 0.1) is 12.2 Å². The first-order valence-corrected chi connectivity index (χ1v) is 7.76. The van der Waals surface area contributed by atoms with Gasteiger partial charge in [-0.2, -0.15) is 10.1 Å². The van der Waals surface area contributed by atoms with Crippen molar-refractivity contribution in [2.75, 3.05) is 20.3 Å². The maximum Gasteiger partial charge on any atom is 0.278 e. The summed E-state index contributed by atoms with van der Waals surface area (Å²) < 4.78 is 16.2. The summed E-state index contributed by atoms with van der Waals surface area (Å²) in [5.41, 5.74) is 3.45. The van der Waals surface area contributed by atoms with E-state index < -0.39 is 0 Å². The molecule has 7 heteroatoms. The predicted octanol–water partition coefficient (Wildman–Crippen LogP) is 3.16. The second-order valence-corrected chi connectivity index (χ2v) is 5.55. The number of rotatable bonds is 7. The molecule has 24 heavy (non-hydrogen) atoms. The summed E-state index contributed by atoms with van der Waals surface area (Å²) in [4.78, 5) is 4.43. The Balaban J connectivity index is 1.84. The summed E-state index contributed by atoms with van der Waals surface area (Å²) in [5.74, 6) is 1.59. The third kappa shape index (κ3) is 3.62. The zero-order chi connectivity index (χ0) is 16.9. The maximum absolute atomic E-state index is 5.87. The molecule has 0 bridgehead atoms. The average Bonchev–Trinajstić information content (AvgIpc) is 3.20. The lowest BCUT2D eigenvalue weighted by Gasteiger charge is -2.10. The van der Waals surface area contributed by atoms with Gasteiger partial charge in [-0.05, 0) is 37.6 Å². The summed E-state index contributed by atoms with van der Waals surface area (Å²) in [7, 11) is 1.68. The lowest BCUT2D eigenvalue weighted by Crippen LogP contribution is -2.02. The molecule has 1 N–H and O–H groups in total. The molecule has 0 saturated carbocycles. The number of H-pyrrole nitrogens is 1. The van der Waals surface area contributed by atoms with Crippen LogP contribution in [0.4, 0.5) is 0 Å². The number of hydrogen-bond acceptors (Lipinski definition) is 6. The first kappa shape index (κ1) is 16.2. The molecule has 0 unspecified atom stereocenters. The minimum Gasteiger partial charge on any atom is -0.493 e. The zero-order valence-corrected chi connectivity index (χ0v) is 14.0. The third-order valence-electron chi connectivity index (χ3n) is 3.48. The molecule has 2 aromatic heterocycles. The first-order chi connectivity index (χ1) is 11.7. The highest BCUT2D eigenvalue weighted by molar-refractivity contribution is 5.66. The van der Waals surface area contributed by atoms with Crippen LogP contribution in [0.15, 0.2) is 28.8 Å². The number of ether oxygens (including phenoxy) is 2. The van der Waals surface area contributed by atoms with E-state index in [2.05, 4.69) is 20.3 Å². The van der Waals surface area contributed by atoms with E-state index in [-0.39, 0.29) is 0 Å². The van der Waals surface area contributed by atoms with Gasteiger partial charge in [0.25, 0.3) is 5.89 Å². The van der Waals surface area contributed by atoms with Crippen molar-refractivity contribution in [2.24, 2.45) is 0 Å². The van der Waals surface area contributed by atoms with Crippen LogP contribution in [-0.2, 0) is 4.74 Å². The number of aromatic nitrogens is 4. The van der Waals surface area contributed by atoms with Gasteiger partial charge in [-0.25, -0.2) is 0 Å². The van der Waals surface area contributed by atoms with Crippen LogP contribution in [0, 0.1) is 13.8 Å². The van der Waals surface area contributed by atoms with Crippen molar-refractivity contribution in [3.05, 3.63) is 35.5 Å². The first-order valence-electron chi connectivity index (χ1n) is 7.76. The van der Waals surface area contributed by atoms with Gasteiger partial charge in [-0.1, -0.05) is 11.2 Å². The second kappa shape index (κ2) is 7.27. The Morgan fingerprint density at radius 3 is 2.79 bits per heavy atom. The van der Waals surface area contributed by atoms with E-state index >= 15 is 0 Å². The van der Waals surface area contributed by atoms with Crippen LogP contribution in [-0.4, -0.2) is 40.7 Å². The minimum absolute atomic E-state index is 0.375. The van der Waals surface area contributed by atoms with Crippen molar-refractivity contribution < 1.29 is 14.0 Å². The summed E-state index contributed by atoms with van der Waals surface area (Å²) >= 11 is 0. The van der Waals surface area contributed by atoms with Gasteiger partial charge in [0.2, 0.25) is 5.82 Å². The largest absolute Gasteiger partial charge is 0.493 e. The fraction of sp³-hybridized carbons (Fsp3) is 0.353. The van der Waals surface area contributed by atoms with E-state index in [1.807, 2.05) is 38.1 Å². The van der Waals surface area contributed by atoms with Gasteiger partial charge in [0, 0.05) is 25.8 Å². The average molecular weight is 328 g/mol. The van der Waals surface area contributed by atoms with E-state index in [0.29, 0.717) is 30.6 Å². The van der Waals surface area contributed by atoms with Gasteiger partial charge in [0.15, 0.2) is 5.69 Å². The molecule has 3 aromatic rings. The second-order valence-electron chi connectivity index (χ2n) is 5.55. The number of aryl methyl sites for hydroxylation is 2. The molecule has 0 spiro atoms. The van der Waals surface area contributed by atoms with Crippen molar-refractivity contribution >= 4 is 0 Å². The molecule has 0 fully saturated rings. The molecule has 0 saturated heterocycles. The summed E-state index contributed by atoms with van der Waals surface area (Å²) in [6.07, 6.45) is 0.813. The van der Waals surface area contributed by atoms with Crippen LogP contribution in [0.25, 0.3) is 23.0 Å². The predicted molar refractivity (Wildman–Crippen MR) is 88.8 cm³/mol. The van der Waals surface area contributed by atoms with Gasteiger partial charge < -0.3 is 14.0 Å². The monoisotopic (exact) mass is 328 g/mol. The van der Waals surface area contributed by atoms with Crippen LogP contribution in [0.5, 0.6) is 5.75 Å². The zero-order valence-electron chi connectivity index (χ0n) is 14.0. The quantitative estimate of drug-likeness (QED) is 0.671. The molecule has 7 nitrogen and oxygen atoms in total. The minimum atomic E-state index is 0.375. The van der Waals surface area contributed by atoms with Crippen molar-refractivity contribution in [3.8, 4) is 28.7 Å². The summed E-state index contributed by atoms with van der Waals surface area (Å²) in [6, 6.07) is 7.75. The highest BCUT2D eigenvalue weighted by Crippen LogP contribution is 2.30. The van der Waals surface area contributed by atoms with Crippen LogP contribution in [0.1, 0.15) is 17.7 Å². The molecule has 0 radical (unpaired) electrons. The number of methoxy groups -OCH3 is 1. The van der Waals surface area contributed by atoms with E-state index in [1.165, 1.54) is 0 Å². The maximum atomic E-state index is 5.87. The summed E-state index contributed by atoms with van der Waals surface area (Å²) in [5, 5.41) is 11.1. The third-order valence-corrected chi connectivity index (χ3v) is 3.48. The number of aromatic amines is 1. The molecule has 0 amide bonds. The van der Waals surface area contributed by atoms with Crippen LogP contribution in [0.2, 0.25) is 0 Å². The van der Waals surface area contributed by atoms with Gasteiger partial charge in [-0.15, -0.1) is 0 Å². The Morgan fingerprint density at radius 2 is 2.04 bits per heavy atom. The molecule has 126 valence electrons. The molecule has 2 heterocycles. The number of hydrogen-bond donors (Lipinski definition) is 1. The molecule has 0 aliphatic rings. The standard InChI is InChI=1S/C17H20N4O3/c1-11-5-6-13(15(9-11)23-8-4-7-22-3)16-18-17(24-21-16)14-10-12(2)19-20-14/h5-6,9-10H,4,7-8H2,1-3H3,(H,19,20). The van der Waals surface area contributed by atoms with Gasteiger partial charge in [-0.3, -0.25) is 5.10 Å². The Hall–Kier alpha value is -2.67. The molecular formula is C17H20N4O3.